The summed E-state index contributed by atoms with van der Waals surface area (Å²) in [6, 6.07) is 2.88. The van der Waals surface area contributed by atoms with Gasteiger partial charge in [-0.3, -0.25) is 4.79 Å². The van der Waals surface area contributed by atoms with E-state index >= 15 is 0 Å². The van der Waals surface area contributed by atoms with E-state index in [4.69, 9.17) is 5.73 Å². The maximum atomic E-state index is 12.7. The molecule has 0 radical (unpaired) electrons. The van der Waals surface area contributed by atoms with E-state index < -0.39 is 11.7 Å². The van der Waals surface area contributed by atoms with E-state index in [2.05, 4.69) is 5.32 Å². The van der Waals surface area contributed by atoms with Crippen LogP contribution in [-0.2, 0) is 11.0 Å². The van der Waals surface area contributed by atoms with Crippen LogP contribution in [-0.4, -0.2) is 25.5 Å². The lowest BCUT2D eigenvalue weighted by Crippen LogP contribution is -2.49. The molecule has 0 aliphatic carbocycles. The van der Waals surface area contributed by atoms with E-state index in [1.807, 2.05) is 0 Å². The molecule has 2 rings (SSSR count). The van der Waals surface area contributed by atoms with Crippen molar-refractivity contribution in [2.24, 2.45) is 0 Å². The normalized spacial score (nSPS) is 19.4. The maximum absolute atomic E-state index is 12.7. The molecule has 21 heavy (non-hydrogen) atoms. The van der Waals surface area contributed by atoms with E-state index in [0.717, 1.165) is 25.0 Å². The second-order valence-corrected chi connectivity index (χ2v) is 5.09. The van der Waals surface area contributed by atoms with E-state index in [-0.39, 0.29) is 17.6 Å². The van der Waals surface area contributed by atoms with Crippen molar-refractivity contribution < 1.29 is 18.0 Å². The summed E-state index contributed by atoms with van der Waals surface area (Å²) in [4.78, 5) is 13.7. The molecule has 1 aromatic rings. The molecule has 116 valence electrons. The highest BCUT2D eigenvalue weighted by Gasteiger charge is 2.33. The number of nitrogens with zero attached hydrogens (tertiary/aromatic N) is 1. The highest BCUT2D eigenvalue weighted by Crippen LogP contribution is 2.36. The number of nitrogens with two attached hydrogens (primary N) is 1. The van der Waals surface area contributed by atoms with Gasteiger partial charge in [-0.1, -0.05) is 0 Å². The summed E-state index contributed by atoms with van der Waals surface area (Å²) in [5.74, 6) is -0.144. The number of carbonyl (C=O) groups is 1. The third-order valence-electron chi connectivity index (χ3n) is 3.72. The van der Waals surface area contributed by atoms with Crippen LogP contribution in [0.2, 0.25) is 0 Å². The Labute approximate surface area is 121 Å². The Hall–Kier alpha value is -1.92. The number of halogens is 3. The molecule has 0 aromatic heterocycles. The van der Waals surface area contributed by atoms with Crippen LogP contribution in [0.1, 0.15) is 24.8 Å². The van der Waals surface area contributed by atoms with Crippen LogP contribution in [0.4, 0.5) is 24.5 Å². The van der Waals surface area contributed by atoms with Crippen LogP contribution in [0.15, 0.2) is 18.2 Å². The predicted molar refractivity (Wildman–Crippen MR) is 74.9 cm³/mol. The number of piperidine rings is 1. The minimum absolute atomic E-state index is 0.0422. The summed E-state index contributed by atoms with van der Waals surface area (Å²) in [7, 11) is 1.55. The molecular formula is C14H18F3N3O. The first-order valence-electron chi connectivity index (χ1n) is 6.79. The molecule has 1 atom stereocenters. The Morgan fingerprint density at radius 1 is 1.38 bits per heavy atom. The monoisotopic (exact) mass is 301 g/mol. The number of anilines is 2. The molecule has 1 unspecified atom stereocenters. The van der Waals surface area contributed by atoms with Gasteiger partial charge in [-0.25, -0.2) is 0 Å². The second kappa shape index (κ2) is 5.83. The molecule has 0 spiro atoms. The van der Waals surface area contributed by atoms with Gasteiger partial charge in [0.25, 0.3) is 0 Å². The number of nitrogens with one attached hydrogen (secondary N) is 1. The molecule has 0 bridgehead atoms. The van der Waals surface area contributed by atoms with E-state index in [9.17, 15) is 18.0 Å². The Balaban J connectivity index is 2.33. The fourth-order valence-electron chi connectivity index (χ4n) is 2.65. The summed E-state index contributed by atoms with van der Waals surface area (Å²) in [6.45, 7) is 0.605. The maximum Gasteiger partial charge on any atom is 0.416 e. The van der Waals surface area contributed by atoms with Crippen LogP contribution in [0, 0.1) is 0 Å². The minimum atomic E-state index is -4.42. The first-order chi connectivity index (χ1) is 9.84. The molecular weight excluding hydrogens is 283 g/mol. The van der Waals surface area contributed by atoms with Gasteiger partial charge in [0.05, 0.1) is 16.9 Å². The summed E-state index contributed by atoms with van der Waals surface area (Å²) in [5.41, 5.74) is 5.52. The third-order valence-corrected chi connectivity index (χ3v) is 3.72. The van der Waals surface area contributed by atoms with Crippen molar-refractivity contribution in [1.82, 2.24) is 5.32 Å². The quantitative estimate of drug-likeness (QED) is 0.825. The van der Waals surface area contributed by atoms with Crippen molar-refractivity contribution in [2.45, 2.75) is 31.5 Å². The highest BCUT2D eigenvalue weighted by atomic mass is 19.4. The zero-order valence-electron chi connectivity index (χ0n) is 11.7. The van der Waals surface area contributed by atoms with Crippen molar-refractivity contribution >= 4 is 17.3 Å². The lowest BCUT2D eigenvalue weighted by atomic mass is 9.99. The number of benzene rings is 1. The summed E-state index contributed by atoms with van der Waals surface area (Å²) in [5, 5.41) is 2.59. The summed E-state index contributed by atoms with van der Waals surface area (Å²) in [6.07, 6.45) is -1.96. The van der Waals surface area contributed by atoms with Crippen LogP contribution in [0.25, 0.3) is 0 Å². The van der Waals surface area contributed by atoms with E-state index in [0.29, 0.717) is 18.7 Å². The van der Waals surface area contributed by atoms with Gasteiger partial charge >= 0.3 is 6.18 Å². The molecule has 3 N–H and O–H groups in total. The van der Waals surface area contributed by atoms with Gasteiger partial charge < -0.3 is 16.0 Å². The minimum Gasteiger partial charge on any atom is -0.397 e. The van der Waals surface area contributed by atoms with Crippen LogP contribution in [0.3, 0.4) is 0 Å². The SMILES string of the molecule is CNC(=O)C1CCCCN1c1ccc(C(F)(F)F)cc1N. The van der Waals surface area contributed by atoms with Crippen molar-refractivity contribution in [2.75, 3.05) is 24.2 Å². The molecule has 1 fully saturated rings. The topological polar surface area (TPSA) is 58.4 Å². The number of hydrogen-bond acceptors (Lipinski definition) is 3. The van der Waals surface area contributed by atoms with Gasteiger partial charge in [-0.15, -0.1) is 0 Å². The molecule has 1 aromatic carbocycles. The van der Waals surface area contributed by atoms with Gasteiger partial charge in [-0.2, -0.15) is 13.2 Å². The molecule has 4 nitrogen and oxygen atoms in total. The summed E-state index contributed by atoms with van der Waals surface area (Å²) >= 11 is 0. The first-order valence-corrected chi connectivity index (χ1v) is 6.79. The number of likely N-dealkylation sites (N-methyl/N-ethyl adjacent to an activating group) is 1. The predicted octanol–water partition coefficient (Wildman–Crippen LogP) is 2.39. The number of hydrogen-bond donors (Lipinski definition) is 2. The van der Waals surface area contributed by atoms with Gasteiger partial charge in [0.2, 0.25) is 5.91 Å². The van der Waals surface area contributed by atoms with Crippen molar-refractivity contribution in [3.63, 3.8) is 0 Å². The average molecular weight is 301 g/mol. The van der Waals surface area contributed by atoms with E-state index in [1.165, 1.54) is 6.07 Å². The molecule has 1 aliphatic heterocycles. The van der Waals surface area contributed by atoms with Crippen LogP contribution < -0.4 is 16.0 Å². The van der Waals surface area contributed by atoms with Crippen LogP contribution >= 0.6 is 0 Å². The Bertz CT molecular complexity index is 531. The lowest BCUT2D eigenvalue weighted by Gasteiger charge is -2.37. The highest BCUT2D eigenvalue weighted by molar-refractivity contribution is 5.86. The number of nitrogen functional groups attached to an aromatic ring is 1. The molecule has 1 heterocycles. The average Bonchev–Trinajstić information content (AvgIpc) is 2.45. The molecule has 1 amide bonds. The van der Waals surface area contributed by atoms with Gasteiger partial charge in [0, 0.05) is 13.6 Å². The lowest BCUT2D eigenvalue weighted by molar-refractivity contribution is -0.137. The standard InChI is InChI=1S/C14H18F3N3O/c1-19-13(21)12-4-2-3-7-20(12)11-6-5-9(8-10(11)18)14(15,16)17/h5-6,8,12H,2-4,7,18H2,1H3,(H,19,21). The largest absolute Gasteiger partial charge is 0.416 e. The number of rotatable bonds is 2. The van der Waals surface area contributed by atoms with Crippen molar-refractivity contribution in [3.8, 4) is 0 Å². The van der Waals surface area contributed by atoms with E-state index in [1.54, 1.807) is 11.9 Å². The zero-order chi connectivity index (χ0) is 15.6. The van der Waals surface area contributed by atoms with Gasteiger partial charge in [0.1, 0.15) is 6.04 Å². The number of carbonyl (C=O) groups excluding carboxylic acids is 1. The van der Waals surface area contributed by atoms with Gasteiger partial charge in [-0.05, 0) is 37.5 Å². The smallest absolute Gasteiger partial charge is 0.397 e. The molecule has 1 aliphatic rings. The van der Waals surface area contributed by atoms with Crippen molar-refractivity contribution in [1.29, 1.82) is 0 Å². The Kier molecular flexibility index (Phi) is 4.29. The number of amides is 1. The molecule has 7 heteroatoms. The fourth-order valence-corrected chi connectivity index (χ4v) is 2.65. The number of alkyl halides is 3. The Morgan fingerprint density at radius 3 is 2.67 bits per heavy atom. The third kappa shape index (κ3) is 3.22. The van der Waals surface area contributed by atoms with Crippen molar-refractivity contribution in [3.05, 3.63) is 23.8 Å². The second-order valence-electron chi connectivity index (χ2n) is 5.09. The fraction of sp³-hybridized carbons (Fsp3) is 0.500. The Morgan fingerprint density at radius 2 is 2.10 bits per heavy atom. The molecule has 0 saturated carbocycles. The molecule has 1 saturated heterocycles. The van der Waals surface area contributed by atoms with Gasteiger partial charge in [0.15, 0.2) is 0 Å². The van der Waals surface area contributed by atoms with Crippen LogP contribution in [0.5, 0.6) is 0 Å². The zero-order valence-corrected chi connectivity index (χ0v) is 11.7. The summed E-state index contributed by atoms with van der Waals surface area (Å²) < 4.78 is 38.0. The first kappa shape index (κ1) is 15.5.